The highest BCUT2D eigenvalue weighted by Gasteiger charge is 2.18. The zero-order chi connectivity index (χ0) is 14.5. The van der Waals surface area contributed by atoms with E-state index in [0.29, 0.717) is 13.0 Å². The number of hydrogen-bond acceptors (Lipinski definition) is 4. The second-order valence-electron chi connectivity index (χ2n) is 4.62. The number of hydrogen-bond donors (Lipinski definition) is 1. The Morgan fingerprint density at radius 1 is 1.35 bits per heavy atom. The van der Waals surface area contributed by atoms with Gasteiger partial charge in [0.15, 0.2) is 0 Å². The molecule has 4 nitrogen and oxygen atoms in total. The van der Waals surface area contributed by atoms with Crippen molar-refractivity contribution in [2.75, 3.05) is 6.61 Å². The number of aryl methyl sites for hydroxylation is 1. The van der Waals surface area contributed by atoms with Crippen molar-refractivity contribution >= 4 is 5.97 Å². The number of ether oxygens (including phenoxy) is 1. The molecule has 0 spiro atoms. The van der Waals surface area contributed by atoms with Gasteiger partial charge in [0.2, 0.25) is 0 Å². The summed E-state index contributed by atoms with van der Waals surface area (Å²) in [5.74, 6) is 1.19. The van der Waals surface area contributed by atoms with Crippen LogP contribution in [0.25, 0.3) is 11.3 Å². The Bertz CT molecular complexity index is 575. The fourth-order valence-electron chi connectivity index (χ4n) is 2.04. The van der Waals surface area contributed by atoms with E-state index < -0.39 is 6.04 Å². The Kier molecular flexibility index (Phi) is 4.58. The first kappa shape index (κ1) is 14.3. The molecule has 0 fully saturated rings. The summed E-state index contributed by atoms with van der Waals surface area (Å²) in [4.78, 5) is 11.6. The summed E-state index contributed by atoms with van der Waals surface area (Å²) in [5.41, 5.74) is 7.78. The van der Waals surface area contributed by atoms with E-state index in [1.54, 1.807) is 6.92 Å². The minimum absolute atomic E-state index is 0.339. The highest BCUT2D eigenvalue weighted by Crippen LogP contribution is 2.25. The molecule has 0 saturated carbocycles. The van der Waals surface area contributed by atoms with Crippen LogP contribution in [0, 0.1) is 6.92 Å². The maximum atomic E-state index is 11.6. The summed E-state index contributed by atoms with van der Waals surface area (Å²) in [7, 11) is 0. The molecule has 0 amide bonds. The van der Waals surface area contributed by atoms with Crippen LogP contribution in [-0.4, -0.2) is 18.6 Å². The van der Waals surface area contributed by atoms with Crippen LogP contribution in [0.15, 0.2) is 40.8 Å². The molecule has 0 aliphatic heterocycles. The normalized spacial score (nSPS) is 12.2. The van der Waals surface area contributed by atoms with Crippen molar-refractivity contribution < 1.29 is 13.9 Å². The van der Waals surface area contributed by atoms with Gasteiger partial charge in [-0.15, -0.1) is 0 Å². The van der Waals surface area contributed by atoms with Gasteiger partial charge in [-0.25, -0.2) is 0 Å². The standard InChI is InChI=1S/C16H19NO3/c1-3-19-16(18)14(17)9-13-10-15(20-11(13)2)12-7-5-4-6-8-12/h4-8,10,14H,3,9,17H2,1-2H3. The first-order valence-corrected chi connectivity index (χ1v) is 6.68. The van der Waals surface area contributed by atoms with Crippen LogP contribution in [-0.2, 0) is 16.0 Å². The molecule has 0 saturated heterocycles. The van der Waals surface area contributed by atoms with Crippen molar-refractivity contribution in [3.8, 4) is 11.3 Å². The molecule has 0 radical (unpaired) electrons. The summed E-state index contributed by atoms with van der Waals surface area (Å²) in [6, 6.07) is 11.1. The van der Waals surface area contributed by atoms with Gasteiger partial charge in [-0.05, 0) is 25.5 Å². The van der Waals surface area contributed by atoms with Gasteiger partial charge in [0.1, 0.15) is 17.6 Å². The molecule has 1 unspecified atom stereocenters. The van der Waals surface area contributed by atoms with E-state index in [2.05, 4.69) is 0 Å². The fraction of sp³-hybridized carbons (Fsp3) is 0.312. The third-order valence-electron chi connectivity index (χ3n) is 3.11. The van der Waals surface area contributed by atoms with Crippen molar-refractivity contribution in [3.05, 3.63) is 47.7 Å². The second-order valence-corrected chi connectivity index (χ2v) is 4.62. The fourth-order valence-corrected chi connectivity index (χ4v) is 2.04. The molecule has 20 heavy (non-hydrogen) atoms. The lowest BCUT2D eigenvalue weighted by molar-refractivity contribution is -0.144. The topological polar surface area (TPSA) is 65.5 Å². The maximum Gasteiger partial charge on any atom is 0.323 e. The molecule has 1 aromatic heterocycles. The van der Waals surface area contributed by atoms with Gasteiger partial charge in [-0.3, -0.25) is 4.79 Å². The van der Waals surface area contributed by atoms with Gasteiger partial charge in [-0.2, -0.15) is 0 Å². The SMILES string of the molecule is CCOC(=O)C(N)Cc1cc(-c2ccccc2)oc1C. The van der Waals surface area contributed by atoms with Crippen molar-refractivity contribution in [1.29, 1.82) is 0 Å². The van der Waals surface area contributed by atoms with E-state index in [1.807, 2.05) is 43.3 Å². The smallest absolute Gasteiger partial charge is 0.323 e. The number of rotatable bonds is 5. The predicted molar refractivity (Wildman–Crippen MR) is 77.2 cm³/mol. The van der Waals surface area contributed by atoms with Gasteiger partial charge in [0, 0.05) is 12.0 Å². The largest absolute Gasteiger partial charge is 0.465 e. The molecule has 0 aliphatic rings. The van der Waals surface area contributed by atoms with Crippen LogP contribution in [0.4, 0.5) is 0 Å². The van der Waals surface area contributed by atoms with Gasteiger partial charge >= 0.3 is 5.97 Å². The second kappa shape index (κ2) is 6.39. The molecule has 1 atom stereocenters. The summed E-state index contributed by atoms with van der Waals surface area (Å²) in [6.07, 6.45) is 0.418. The van der Waals surface area contributed by atoms with Crippen LogP contribution in [0.5, 0.6) is 0 Å². The van der Waals surface area contributed by atoms with Crippen molar-refractivity contribution in [2.45, 2.75) is 26.3 Å². The highest BCUT2D eigenvalue weighted by molar-refractivity contribution is 5.76. The first-order valence-electron chi connectivity index (χ1n) is 6.68. The summed E-state index contributed by atoms with van der Waals surface area (Å²) < 4.78 is 10.6. The highest BCUT2D eigenvalue weighted by atomic mass is 16.5. The van der Waals surface area contributed by atoms with Crippen LogP contribution < -0.4 is 5.73 Å². The molecule has 0 aliphatic carbocycles. The summed E-state index contributed by atoms with van der Waals surface area (Å²) >= 11 is 0. The lowest BCUT2D eigenvalue weighted by Gasteiger charge is -2.09. The third-order valence-corrected chi connectivity index (χ3v) is 3.11. The molecule has 4 heteroatoms. The van der Waals surface area contributed by atoms with E-state index in [-0.39, 0.29) is 5.97 Å². The maximum absolute atomic E-state index is 11.6. The van der Waals surface area contributed by atoms with E-state index in [9.17, 15) is 4.79 Å². The van der Waals surface area contributed by atoms with Crippen LogP contribution in [0.2, 0.25) is 0 Å². The van der Waals surface area contributed by atoms with Crippen LogP contribution >= 0.6 is 0 Å². The molecular formula is C16H19NO3. The Balaban J connectivity index is 2.14. The van der Waals surface area contributed by atoms with Crippen molar-refractivity contribution in [1.82, 2.24) is 0 Å². The summed E-state index contributed by atoms with van der Waals surface area (Å²) in [5, 5.41) is 0. The van der Waals surface area contributed by atoms with E-state index in [0.717, 1.165) is 22.6 Å². The molecule has 2 aromatic rings. The number of carbonyl (C=O) groups is 1. The van der Waals surface area contributed by atoms with Crippen molar-refractivity contribution in [2.24, 2.45) is 5.73 Å². The molecular weight excluding hydrogens is 254 g/mol. The lowest BCUT2D eigenvalue weighted by Crippen LogP contribution is -2.34. The van der Waals surface area contributed by atoms with Crippen molar-refractivity contribution in [3.63, 3.8) is 0 Å². The molecule has 1 heterocycles. The van der Waals surface area contributed by atoms with Crippen LogP contribution in [0.1, 0.15) is 18.2 Å². The molecule has 2 rings (SSSR count). The van der Waals surface area contributed by atoms with Gasteiger partial charge < -0.3 is 14.9 Å². The minimum Gasteiger partial charge on any atom is -0.465 e. The number of benzene rings is 1. The number of carbonyl (C=O) groups excluding carboxylic acids is 1. The predicted octanol–water partition coefficient (Wildman–Crippen LogP) is 2.69. The van der Waals surface area contributed by atoms with Gasteiger partial charge in [0.05, 0.1) is 6.61 Å². The van der Waals surface area contributed by atoms with Crippen LogP contribution in [0.3, 0.4) is 0 Å². The van der Waals surface area contributed by atoms with Gasteiger partial charge in [-0.1, -0.05) is 30.3 Å². The van der Waals surface area contributed by atoms with E-state index in [4.69, 9.17) is 14.9 Å². The Morgan fingerprint density at radius 2 is 2.05 bits per heavy atom. The Morgan fingerprint density at radius 3 is 2.70 bits per heavy atom. The number of nitrogens with two attached hydrogens (primary N) is 1. The van der Waals surface area contributed by atoms with E-state index in [1.165, 1.54) is 0 Å². The quantitative estimate of drug-likeness (QED) is 0.851. The average Bonchev–Trinajstić information content (AvgIpc) is 2.81. The zero-order valence-corrected chi connectivity index (χ0v) is 11.8. The average molecular weight is 273 g/mol. The molecule has 0 bridgehead atoms. The lowest BCUT2D eigenvalue weighted by atomic mass is 10.1. The molecule has 106 valence electrons. The zero-order valence-electron chi connectivity index (χ0n) is 11.8. The monoisotopic (exact) mass is 273 g/mol. The third kappa shape index (κ3) is 3.27. The Hall–Kier alpha value is -2.07. The molecule has 1 aromatic carbocycles. The van der Waals surface area contributed by atoms with E-state index >= 15 is 0 Å². The minimum atomic E-state index is -0.658. The van der Waals surface area contributed by atoms with Gasteiger partial charge in [0.25, 0.3) is 0 Å². The Labute approximate surface area is 118 Å². The number of esters is 1. The first-order chi connectivity index (χ1) is 9.61. The molecule has 2 N–H and O–H groups in total. The summed E-state index contributed by atoms with van der Waals surface area (Å²) in [6.45, 7) is 3.98. The number of furan rings is 1.